The van der Waals surface area contributed by atoms with Crippen molar-refractivity contribution in [2.24, 2.45) is 0 Å². The first kappa shape index (κ1) is 16.9. The minimum Gasteiger partial charge on any atom is -0.508 e. The summed E-state index contributed by atoms with van der Waals surface area (Å²) in [5.41, 5.74) is 5.95. The Morgan fingerprint density at radius 2 is 1.96 bits per heavy atom. The Bertz CT molecular complexity index is 1120. The van der Waals surface area contributed by atoms with Crippen LogP contribution in [0.3, 0.4) is 0 Å². The smallest absolute Gasteiger partial charge is 0.135 e. The normalized spacial score (nSPS) is 17.4. The van der Waals surface area contributed by atoms with E-state index in [1.54, 1.807) is 12.1 Å². The van der Waals surface area contributed by atoms with Gasteiger partial charge in [-0.2, -0.15) is 0 Å². The zero-order valence-electron chi connectivity index (χ0n) is 15.3. The predicted octanol–water partition coefficient (Wildman–Crippen LogP) is 3.98. The molecule has 140 valence electrons. The highest BCUT2D eigenvalue weighted by atomic mass is 16.6. The summed E-state index contributed by atoms with van der Waals surface area (Å²) in [6.45, 7) is 2.96. The van der Waals surface area contributed by atoms with E-state index in [9.17, 15) is 5.11 Å². The molecule has 0 saturated carbocycles. The number of rotatable bonds is 4. The van der Waals surface area contributed by atoms with Crippen molar-refractivity contribution in [2.75, 3.05) is 13.1 Å². The fraction of sp³-hybridized carbons (Fsp3) is 0.227. The number of aromatic hydroxyl groups is 1. The first-order chi connectivity index (χ1) is 13.7. The summed E-state index contributed by atoms with van der Waals surface area (Å²) in [5, 5.41) is 17.5. The average Bonchev–Trinajstić information content (AvgIpc) is 3.37. The Morgan fingerprint density at radius 3 is 2.89 bits per heavy atom. The topological polar surface area (TPSA) is 75.3 Å². The number of benzene rings is 2. The summed E-state index contributed by atoms with van der Waals surface area (Å²) in [5.74, 6) is 0.743. The number of phenols is 1. The van der Waals surface area contributed by atoms with Gasteiger partial charge in [-0.3, -0.25) is 9.88 Å². The Balaban J connectivity index is 1.31. The number of nitrogens with zero attached hydrogens (tertiary/aromatic N) is 4. The van der Waals surface area contributed by atoms with E-state index in [1.807, 2.05) is 30.5 Å². The quantitative estimate of drug-likeness (QED) is 0.584. The molecule has 0 bridgehead atoms. The molecular weight excluding hydrogens is 352 g/mol. The molecule has 1 N–H and O–H groups in total. The van der Waals surface area contributed by atoms with Crippen LogP contribution >= 0.6 is 0 Å². The number of likely N-dealkylation sites (tertiary alicyclic amines) is 1. The van der Waals surface area contributed by atoms with Crippen molar-refractivity contribution >= 4 is 11.0 Å². The van der Waals surface area contributed by atoms with Gasteiger partial charge >= 0.3 is 0 Å². The zero-order valence-corrected chi connectivity index (χ0v) is 15.3. The number of aromatic nitrogens is 3. The van der Waals surface area contributed by atoms with Crippen molar-refractivity contribution in [3.8, 4) is 17.0 Å². The van der Waals surface area contributed by atoms with Crippen LogP contribution in [0.2, 0.25) is 0 Å². The Hall–Kier alpha value is -3.25. The van der Waals surface area contributed by atoms with E-state index < -0.39 is 0 Å². The lowest BCUT2D eigenvalue weighted by Gasteiger charge is -2.16. The highest BCUT2D eigenvalue weighted by Crippen LogP contribution is 2.31. The molecule has 4 aromatic rings. The van der Waals surface area contributed by atoms with Crippen molar-refractivity contribution in [1.29, 1.82) is 0 Å². The fourth-order valence-electron chi connectivity index (χ4n) is 3.96. The molecule has 5 rings (SSSR count). The van der Waals surface area contributed by atoms with E-state index in [0.29, 0.717) is 5.92 Å². The van der Waals surface area contributed by atoms with Crippen LogP contribution in [-0.2, 0) is 6.54 Å². The standard InChI is InChI=1S/C22H20N4O2/c27-19-3-1-2-17(11-19)21-12-16(6-8-23-21)18-7-9-26(14-18)13-15-4-5-20-22(10-15)25-28-24-20/h1-6,8,10-12,18,27H,7,9,13-14H2/t18-/m1/s1. The summed E-state index contributed by atoms with van der Waals surface area (Å²) in [6, 6.07) is 17.6. The lowest BCUT2D eigenvalue weighted by atomic mass is 9.97. The van der Waals surface area contributed by atoms with Crippen LogP contribution in [0.15, 0.2) is 65.4 Å². The molecule has 0 unspecified atom stereocenters. The van der Waals surface area contributed by atoms with Gasteiger partial charge in [0.1, 0.15) is 16.8 Å². The maximum Gasteiger partial charge on any atom is 0.135 e. The minimum absolute atomic E-state index is 0.260. The number of hydrogen-bond acceptors (Lipinski definition) is 6. The third kappa shape index (κ3) is 3.34. The van der Waals surface area contributed by atoms with Crippen LogP contribution < -0.4 is 0 Å². The van der Waals surface area contributed by atoms with Gasteiger partial charge in [-0.15, -0.1) is 0 Å². The molecule has 3 heterocycles. The fourth-order valence-corrected chi connectivity index (χ4v) is 3.96. The van der Waals surface area contributed by atoms with Crippen LogP contribution in [0.1, 0.15) is 23.5 Å². The van der Waals surface area contributed by atoms with Crippen molar-refractivity contribution in [2.45, 2.75) is 18.9 Å². The lowest BCUT2D eigenvalue weighted by Crippen LogP contribution is -2.19. The van der Waals surface area contributed by atoms with Crippen LogP contribution in [0, 0.1) is 0 Å². The largest absolute Gasteiger partial charge is 0.508 e. The monoisotopic (exact) mass is 372 g/mol. The summed E-state index contributed by atoms with van der Waals surface area (Å²) in [6.07, 6.45) is 2.99. The molecule has 6 nitrogen and oxygen atoms in total. The maximum absolute atomic E-state index is 9.73. The average molecular weight is 372 g/mol. The summed E-state index contributed by atoms with van der Waals surface area (Å²) >= 11 is 0. The second-order valence-corrected chi connectivity index (χ2v) is 7.33. The van der Waals surface area contributed by atoms with E-state index >= 15 is 0 Å². The van der Waals surface area contributed by atoms with E-state index in [1.165, 1.54) is 11.1 Å². The number of hydrogen-bond donors (Lipinski definition) is 1. The molecule has 2 aromatic heterocycles. The SMILES string of the molecule is Oc1cccc(-c2cc([C@@H]3CCN(Cc4ccc5nonc5c4)C3)ccn2)c1. The molecule has 0 amide bonds. The summed E-state index contributed by atoms with van der Waals surface area (Å²) in [4.78, 5) is 6.95. The Kier molecular flexibility index (Phi) is 4.25. The molecule has 0 spiro atoms. The molecule has 1 aliphatic rings. The van der Waals surface area contributed by atoms with Crippen molar-refractivity contribution in [3.05, 3.63) is 71.9 Å². The number of phenolic OH excluding ortho intramolecular Hbond substituents is 1. The first-order valence-corrected chi connectivity index (χ1v) is 9.43. The highest BCUT2D eigenvalue weighted by Gasteiger charge is 2.24. The molecule has 6 heteroatoms. The van der Waals surface area contributed by atoms with E-state index in [-0.39, 0.29) is 5.75 Å². The molecule has 1 fully saturated rings. The number of pyridine rings is 1. The van der Waals surface area contributed by atoms with Gasteiger partial charge in [0.25, 0.3) is 0 Å². The van der Waals surface area contributed by atoms with E-state index in [2.05, 4.69) is 38.4 Å². The minimum atomic E-state index is 0.260. The third-order valence-corrected chi connectivity index (χ3v) is 5.39. The molecule has 0 radical (unpaired) electrons. The van der Waals surface area contributed by atoms with E-state index in [4.69, 9.17) is 4.63 Å². The molecule has 28 heavy (non-hydrogen) atoms. The first-order valence-electron chi connectivity index (χ1n) is 9.43. The van der Waals surface area contributed by atoms with Gasteiger partial charge in [-0.25, -0.2) is 4.63 Å². The number of fused-ring (bicyclic) bond motifs is 1. The van der Waals surface area contributed by atoms with Gasteiger partial charge in [-0.05, 0) is 76.7 Å². The zero-order chi connectivity index (χ0) is 18.9. The van der Waals surface area contributed by atoms with Crippen molar-refractivity contribution in [3.63, 3.8) is 0 Å². The van der Waals surface area contributed by atoms with Crippen molar-refractivity contribution < 1.29 is 9.74 Å². The Morgan fingerprint density at radius 1 is 1.04 bits per heavy atom. The van der Waals surface area contributed by atoms with Gasteiger partial charge in [0.2, 0.25) is 0 Å². The van der Waals surface area contributed by atoms with Gasteiger partial charge in [-0.1, -0.05) is 18.2 Å². The molecule has 2 aromatic carbocycles. The van der Waals surface area contributed by atoms with E-state index in [0.717, 1.165) is 48.3 Å². The van der Waals surface area contributed by atoms with Crippen LogP contribution in [0.4, 0.5) is 0 Å². The van der Waals surface area contributed by atoms with Gasteiger partial charge < -0.3 is 5.11 Å². The Labute approximate surface area is 162 Å². The molecular formula is C22H20N4O2. The predicted molar refractivity (Wildman–Crippen MR) is 106 cm³/mol. The summed E-state index contributed by atoms with van der Waals surface area (Å²) < 4.78 is 4.78. The second kappa shape index (κ2) is 7.05. The van der Waals surface area contributed by atoms with Crippen LogP contribution in [0.5, 0.6) is 5.75 Å². The summed E-state index contributed by atoms with van der Waals surface area (Å²) in [7, 11) is 0. The van der Waals surface area contributed by atoms with Crippen LogP contribution in [0.25, 0.3) is 22.3 Å². The lowest BCUT2D eigenvalue weighted by molar-refractivity contribution is 0.315. The molecule has 1 aliphatic heterocycles. The van der Waals surface area contributed by atoms with Crippen LogP contribution in [-0.4, -0.2) is 38.4 Å². The van der Waals surface area contributed by atoms with Gasteiger partial charge in [0.05, 0.1) is 5.69 Å². The van der Waals surface area contributed by atoms with Gasteiger partial charge in [0, 0.05) is 24.8 Å². The molecule has 1 saturated heterocycles. The molecule has 1 atom stereocenters. The maximum atomic E-state index is 9.73. The van der Waals surface area contributed by atoms with Gasteiger partial charge in [0.15, 0.2) is 0 Å². The highest BCUT2D eigenvalue weighted by molar-refractivity contribution is 5.73. The third-order valence-electron chi connectivity index (χ3n) is 5.39. The second-order valence-electron chi connectivity index (χ2n) is 7.33. The van der Waals surface area contributed by atoms with Crippen molar-refractivity contribution in [1.82, 2.24) is 20.2 Å². The molecule has 0 aliphatic carbocycles.